The van der Waals surface area contributed by atoms with Gasteiger partial charge < -0.3 is 11.1 Å². The molecule has 17 heavy (non-hydrogen) atoms. The summed E-state index contributed by atoms with van der Waals surface area (Å²) in [5, 5.41) is 3.94. The van der Waals surface area contributed by atoms with Crippen molar-refractivity contribution < 1.29 is 4.39 Å². The van der Waals surface area contributed by atoms with Gasteiger partial charge in [0.1, 0.15) is 5.82 Å². The Morgan fingerprint density at radius 1 is 1.29 bits per heavy atom. The molecule has 4 heteroatoms. The summed E-state index contributed by atoms with van der Waals surface area (Å²) in [6, 6.07) is 3.21. The lowest BCUT2D eigenvalue weighted by Gasteiger charge is -2.08. The fourth-order valence-corrected chi connectivity index (χ4v) is 1.93. The number of hydrogen-bond acceptors (Lipinski definition) is 2. The average Bonchev–Trinajstić information content (AvgIpc) is 2.30. The molecule has 0 radical (unpaired) electrons. The van der Waals surface area contributed by atoms with E-state index < -0.39 is 0 Å². The molecule has 0 saturated heterocycles. The normalized spacial score (nSPS) is 10.8. The Morgan fingerprint density at radius 3 is 2.76 bits per heavy atom. The highest BCUT2D eigenvalue weighted by molar-refractivity contribution is 6.31. The highest BCUT2D eigenvalue weighted by Crippen LogP contribution is 2.20. The fraction of sp³-hybridized carbons (Fsp3) is 0.538. The Balaban J connectivity index is 2.34. The molecule has 0 bridgehead atoms. The number of hydrogen-bond donors (Lipinski definition) is 2. The van der Waals surface area contributed by atoms with E-state index >= 15 is 0 Å². The van der Waals surface area contributed by atoms with Crippen LogP contribution in [0.3, 0.4) is 0 Å². The second-order valence-electron chi connectivity index (χ2n) is 4.19. The van der Waals surface area contributed by atoms with Gasteiger partial charge in [0.2, 0.25) is 0 Å². The molecule has 0 heterocycles. The molecule has 0 atom stereocenters. The second-order valence-corrected chi connectivity index (χ2v) is 4.60. The van der Waals surface area contributed by atoms with Crippen molar-refractivity contribution in [3.05, 3.63) is 34.1 Å². The van der Waals surface area contributed by atoms with Gasteiger partial charge in [-0.1, -0.05) is 11.6 Å². The van der Waals surface area contributed by atoms with Crippen LogP contribution in [0.15, 0.2) is 12.1 Å². The van der Waals surface area contributed by atoms with Crippen LogP contribution in [0.4, 0.5) is 4.39 Å². The predicted octanol–water partition coefficient (Wildman–Crippen LogP) is 2.66. The number of nitrogens with one attached hydrogen (secondary N) is 1. The smallest absolute Gasteiger partial charge is 0.126 e. The number of halogens is 2. The van der Waals surface area contributed by atoms with E-state index in [1.165, 1.54) is 6.07 Å². The first-order valence-electron chi connectivity index (χ1n) is 6.00. The first-order chi connectivity index (χ1) is 8.15. The van der Waals surface area contributed by atoms with Gasteiger partial charge in [0.05, 0.1) is 0 Å². The predicted molar refractivity (Wildman–Crippen MR) is 71.0 cm³/mol. The molecule has 0 spiro atoms. The van der Waals surface area contributed by atoms with Gasteiger partial charge in [0.15, 0.2) is 0 Å². The summed E-state index contributed by atoms with van der Waals surface area (Å²) in [6.45, 7) is 4.21. The first-order valence-corrected chi connectivity index (χ1v) is 6.38. The molecule has 3 N–H and O–H groups in total. The van der Waals surface area contributed by atoms with Gasteiger partial charge in [-0.15, -0.1) is 0 Å². The molecule has 0 aliphatic heterocycles. The zero-order chi connectivity index (χ0) is 12.7. The van der Waals surface area contributed by atoms with Gasteiger partial charge in [-0.25, -0.2) is 4.39 Å². The molecule has 0 unspecified atom stereocenters. The van der Waals surface area contributed by atoms with Crippen LogP contribution in [-0.2, 0) is 6.42 Å². The van der Waals surface area contributed by atoms with Gasteiger partial charge in [-0.3, -0.25) is 0 Å². The number of rotatable bonds is 7. The van der Waals surface area contributed by atoms with Gasteiger partial charge in [0, 0.05) is 5.02 Å². The summed E-state index contributed by atoms with van der Waals surface area (Å²) in [5.41, 5.74) is 6.85. The van der Waals surface area contributed by atoms with Crippen molar-refractivity contribution in [2.45, 2.75) is 26.2 Å². The van der Waals surface area contributed by atoms with E-state index in [0.29, 0.717) is 10.6 Å². The highest BCUT2D eigenvalue weighted by atomic mass is 35.5. The lowest BCUT2D eigenvalue weighted by Crippen LogP contribution is -2.19. The topological polar surface area (TPSA) is 38.0 Å². The van der Waals surface area contributed by atoms with Gasteiger partial charge in [-0.2, -0.15) is 0 Å². The van der Waals surface area contributed by atoms with Crippen LogP contribution in [0.25, 0.3) is 0 Å². The van der Waals surface area contributed by atoms with Crippen LogP contribution in [0.5, 0.6) is 0 Å². The maximum absolute atomic E-state index is 13.3. The van der Waals surface area contributed by atoms with Crippen LogP contribution in [0.2, 0.25) is 5.02 Å². The third kappa shape index (κ3) is 5.02. The molecule has 2 nitrogen and oxygen atoms in total. The van der Waals surface area contributed by atoms with Crippen molar-refractivity contribution in [1.82, 2.24) is 5.32 Å². The maximum atomic E-state index is 13.3. The van der Waals surface area contributed by atoms with E-state index in [2.05, 4.69) is 5.32 Å². The van der Waals surface area contributed by atoms with E-state index in [-0.39, 0.29) is 5.82 Å². The third-order valence-electron chi connectivity index (χ3n) is 2.71. The number of aryl methyl sites for hydroxylation is 1. The molecule has 0 aliphatic carbocycles. The van der Waals surface area contributed by atoms with E-state index in [1.54, 1.807) is 13.0 Å². The van der Waals surface area contributed by atoms with Crippen LogP contribution in [0, 0.1) is 12.7 Å². The monoisotopic (exact) mass is 258 g/mol. The summed E-state index contributed by atoms with van der Waals surface area (Å²) >= 11 is 6.05. The lowest BCUT2D eigenvalue weighted by atomic mass is 10.1. The minimum absolute atomic E-state index is 0.187. The van der Waals surface area contributed by atoms with E-state index in [1.807, 2.05) is 0 Å². The van der Waals surface area contributed by atoms with Crippen molar-refractivity contribution in [2.75, 3.05) is 19.6 Å². The Morgan fingerprint density at radius 2 is 2.06 bits per heavy atom. The van der Waals surface area contributed by atoms with Crippen LogP contribution >= 0.6 is 11.6 Å². The molecular weight excluding hydrogens is 239 g/mol. The Hall–Kier alpha value is -0.640. The van der Waals surface area contributed by atoms with Crippen molar-refractivity contribution in [2.24, 2.45) is 5.73 Å². The van der Waals surface area contributed by atoms with Gasteiger partial charge >= 0.3 is 0 Å². The van der Waals surface area contributed by atoms with Crippen LogP contribution in [0.1, 0.15) is 24.0 Å². The van der Waals surface area contributed by atoms with Crippen LogP contribution in [-0.4, -0.2) is 19.6 Å². The highest BCUT2D eigenvalue weighted by Gasteiger charge is 2.05. The molecule has 0 aromatic heterocycles. The molecule has 96 valence electrons. The molecule has 0 aliphatic rings. The standard InChI is InChI=1S/C13H20ClFN2/c1-10-8-12(14)11(9-13(10)15)4-7-17-6-3-2-5-16/h8-9,17H,2-7,16H2,1H3. The average molecular weight is 259 g/mol. The molecule has 0 fully saturated rings. The van der Waals surface area contributed by atoms with E-state index in [9.17, 15) is 4.39 Å². The fourth-order valence-electron chi connectivity index (χ4n) is 1.62. The molecule has 1 rings (SSSR count). The van der Waals surface area contributed by atoms with Crippen LogP contribution < -0.4 is 11.1 Å². The molecule has 0 amide bonds. The molecule has 0 saturated carbocycles. The maximum Gasteiger partial charge on any atom is 0.126 e. The van der Waals surface area contributed by atoms with Crippen molar-refractivity contribution >= 4 is 11.6 Å². The number of nitrogens with two attached hydrogens (primary N) is 1. The van der Waals surface area contributed by atoms with E-state index in [4.69, 9.17) is 17.3 Å². The summed E-state index contributed by atoms with van der Waals surface area (Å²) in [5.74, 6) is -0.187. The summed E-state index contributed by atoms with van der Waals surface area (Å²) in [6.07, 6.45) is 2.86. The van der Waals surface area contributed by atoms with E-state index in [0.717, 1.165) is 44.5 Å². The minimum Gasteiger partial charge on any atom is -0.330 e. The third-order valence-corrected chi connectivity index (χ3v) is 3.06. The molecule has 1 aromatic rings. The Bertz CT molecular complexity index is 356. The Labute approximate surface area is 107 Å². The first kappa shape index (κ1) is 14.4. The zero-order valence-electron chi connectivity index (χ0n) is 10.2. The number of unbranched alkanes of at least 4 members (excludes halogenated alkanes) is 1. The quantitative estimate of drug-likeness (QED) is 0.738. The SMILES string of the molecule is Cc1cc(Cl)c(CCNCCCCN)cc1F. The Kier molecular flexibility index (Phi) is 6.48. The molecular formula is C13H20ClFN2. The lowest BCUT2D eigenvalue weighted by molar-refractivity contribution is 0.609. The van der Waals surface area contributed by atoms with Crippen molar-refractivity contribution in [1.29, 1.82) is 0 Å². The number of benzene rings is 1. The van der Waals surface area contributed by atoms with Crippen molar-refractivity contribution in [3.8, 4) is 0 Å². The van der Waals surface area contributed by atoms with Crippen molar-refractivity contribution in [3.63, 3.8) is 0 Å². The largest absolute Gasteiger partial charge is 0.330 e. The summed E-state index contributed by atoms with van der Waals surface area (Å²) in [7, 11) is 0. The second kappa shape index (κ2) is 7.64. The van der Waals surface area contributed by atoms with Gasteiger partial charge in [0.25, 0.3) is 0 Å². The minimum atomic E-state index is -0.187. The molecule has 1 aromatic carbocycles. The summed E-state index contributed by atoms with van der Waals surface area (Å²) in [4.78, 5) is 0. The van der Waals surface area contributed by atoms with Gasteiger partial charge in [-0.05, 0) is 69.1 Å². The summed E-state index contributed by atoms with van der Waals surface area (Å²) < 4.78 is 13.3. The zero-order valence-corrected chi connectivity index (χ0v) is 11.0.